The molecule has 0 aliphatic carbocycles. The molecule has 0 unspecified atom stereocenters. The van der Waals surface area contributed by atoms with Crippen LogP contribution >= 0.6 is 0 Å². The smallest absolute Gasteiger partial charge is 0.444 e. The summed E-state index contributed by atoms with van der Waals surface area (Å²) in [5, 5.41) is 9.78. The number of nitriles is 1. The first kappa shape index (κ1) is 29.0. The Labute approximate surface area is 228 Å². The largest absolute Gasteiger partial charge is 0.497 e. The van der Waals surface area contributed by atoms with E-state index in [1.165, 1.54) is 31.4 Å². The summed E-state index contributed by atoms with van der Waals surface area (Å²) < 4.78 is 44.0. The number of benzene rings is 3. The number of carbonyl (C=O) groups excluding carboxylic acids is 2. The highest BCUT2D eigenvalue weighted by atomic mass is 32.2. The fraction of sp³-hybridized carbons (Fsp3) is 0.250. The minimum Gasteiger partial charge on any atom is -0.497 e. The number of amides is 2. The minimum absolute atomic E-state index is 0.169. The van der Waals surface area contributed by atoms with Crippen molar-refractivity contribution in [3.63, 3.8) is 0 Å². The van der Waals surface area contributed by atoms with Crippen LogP contribution in [0.25, 0.3) is 0 Å². The van der Waals surface area contributed by atoms with E-state index in [1.54, 1.807) is 75.4 Å². The van der Waals surface area contributed by atoms with Crippen LogP contribution in [0.3, 0.4) is 0 Å². The highest BCUT2D eigenvalue weighted by molar-refractivity contribution is 7.89. The third-order valence-corrected chi connectivity index (χ3v) is 6.85. The Balaban J connectivity index is 2.09. The van der Waals surface area contributed by atoms with E-state index in [9.17, 15) is 18.0 Å². The monoisotopic (exact) mass is 551 g/mol. The summed E-state index contributed by atoms with van der Waals surface area (Å²) in [5.74, 6) is 0.547. The number of ether oxygens (including phenoxy) is 3. The molecule has 0 aromatic heterocycles. The van der Waals surface area contributed by atoms with Gasteiger partial charge in [0.1, 0.15) is 18.0 Å². The average Bonchev–Trinajstić information content (AvgIpc) is 2.91. The molecule has 0 radical (unpaired) electrons. The highest BCUT2D eigenvalue weighted by Crippen LogP contribution is 2.25. The van der Waals surface area contributed by atoms with Gasteiger partial charge in [-0.1, -0.05) is 46.9 Å². The lowest BCUT2D eigenvalue weighted by atomic mass is 10.2. The molecule has 10 nitrogen and oxygen atoms in total. The van der Waals surface area contributed by atoms with Crippen molar-refractivity contribution in [3.05, 3.63) is 95.6 Å². The van der Waals surface area contributed by atoms with Crippen LogP contribution < -0.4 is 4.74 Å². The number of hydrogen-bond acceptors (Lipinski definition) is 8. The van der Waals surface area contributed by atoms with Gasteiger partial charge in [-0.25, -0.2) is 9.59 Å². The number of hydrogen-bond donors (Lipinski definition) is 0. The quantitative estimate of drug-likeness (QED) is 0.365. The van der Waals surface area contributed by atoms with Crippen LogP contribution in [-0.2, 0) is 32.6 Å². The lowest BCUT2D eigenvalue weighted by Crippen LogP contribution is -2.53. The van der Waals surface area contributed by atoms with E-state index in [2.05, 4.69) is 0 Å². The van der Waals surface area contributed by atoms with Crippen LogP contribution in [0.2, 0.25) is 0 Å². The van der Waals surface area contributed by atoms with E-state index >= 15 is 0 Å². The number of methoxy groups -OCH3 is 1. The molecule has 204 valence electrons. The van der Waals surface area contributed by atoms with Crippen molar-refractivity contribution in [2.45, 2.75) is 44.4 Å². The van der Waals surface area contributed by atoms with Crippen molar-refractivity contribution < 1.29 is 32.2 Å². The molecular weight excluding hydrogens is 522 g/mol. The van der Waals surface area contributed by atoms with Gasteiger partial charge in [-0.05, 0) is 68.3 Å². The molecule has 3 aromatic rings. The summed E-state index contributed by atoms with van der Waals surface area (Å²) in [6, 6.07) is 22.2. The first-order chi connectivity index (χ1) is 18.4. The molecule has 0 N–H and O–H groups in total. The third kappa shape index (κ3) is 7.72. The second-order valence-corrected chi connectivity index (χ2v) is 11.1. The summed E-state index contributed by atoms with van der Waals surface area (Å²) in [5.41, 5.74) is 0.273. The summed E-state index contributed by atoms with van der Waals surface area (Å²) in [4.78, 5) is 26.5. The molecule has 0 fully saturated rings. The van der Waals surface area contributed by atoms with Crippen LogP contribution in [0.4, 0.5) is 9.59 Å². The Hall–Kier alpha value is -4.56. The SMILES string of the molecule is COc1ccc(CN(C(=O)OCc2ccccc2)N(C(=O)OC(C)(C)C)S(=O)(=O)c2ccc(C#N)cc2)cc1. The standard InChI is InChI=1S/C28H29N3O7S/c1-28(2,3)38-27(33)31(39(34,35)25-16-12-21(18-29)13-17-25)30(19-22-10-14-24(36-4)15-11-22)26(32)37-20-23-8-6-5-7-9-23/h5-17H,19-20H2,1-4H3. The van der Waals surface area contributed by atoms with Gasteiger partial charge in [-0.15, -0.1) is 0 Å². The Morgan fingerprint density at radius 2 is 1.49 bits per heavy atom. The van der Waals surface area contributed by atoms with Crippen LogP contribution in [0, 0.1) is 11.3 Å². The minimum atomic E-state index is -4.71. The van der Waals surface area contributed by atoms with Gasteiger partial charge in [0, 0.05) is 0 Å². The molecule has 2 amide bonds. The normalized spacial score (nSPS) is 11.2. The van der Waals surface area contributed by atoms with Gasteiger partial charge in [0.15, 0.2) is 0 Å². The number of rotatable bonds is 7. The molecule has 0 atom stereocenters. The lowest BCUT2D eigenvalue weighted by molar-refractivity contribution is -0.0146. The van der Waals surface area contributed by atoms with E-state index < -0.39 is 27.8 Å². The van der Waals surface area contributed by atoms with Crippen molar-refractivity contribution in [1.82, 2.24) is 9.42 Å². The average molecular weight is 552 g/mol. The topological polar surface area (TPSA) is 126 Å². The van der Waals surface area contributed by atoms with Gasteiger partial charge in [0.25, 0.3) is 10.0 Å². The van der Waals surface area contributed by atoms with Crippen molar-refractivity contribution in [1.29, 1.82) is 5.26 Å². The Kier molecular flexibility index (Phi) is 9.16. The number of nitrogens with zero attached hydrogens (tertiary/aromatic N) is 3. The Morgan fingerprint density at radius 1 is 0.872 bits per heavy atom. The molecule has 0 saturated carbocycles. The van der Waals surface area contributed by atoms with E-state index in [4.69, 9.17) is 19.5 Å². The third-order valence-electron chi connectivity index (χ3n) is 5.19. The second-order valence-electron chi connectivity index (χ2n) is 9.31. The summed E-state index contributed by atoms with van der Waals surface area (Å²) in [7, 11) is -3.21. The predicted molar refractivity (Wildman–Crippen MR) is 142 cm³/mol. The molecular formula is C28H29N3O7S. The molecule has 0 heterocycles. The first-order valence-electron chi connectivity index (χ1n) is 11.8. The van der Waals surface area contributed by atoms with Crippen molar-refractivity contribution in [2.24, 2.45) is 0 Å². The Bertz CT molecular complexity index is 1430. The zero-order chi connectivity index (χ0) is 28.6. The maximum atomic E-state index is 13.8. The van der Waals surface area contributed by atoms with Gasteiger partial charge < -0.3 is 14.2 Å². The fourth-order valence-corrected chi connectivity index (χ4v) is 4.63. The number of hydrazine groups is 1. The lowest BCUT2D eigenvalue weighted by Gasteiger charge is -2.34. The number of sulfonamides is 1. The van der Waals surface area contributed by atoms with Crippen LogP contribution in [0.15, 0.2) is 83.8 Å². The molecule has 11 heteroatoms. The van der Waals surface area contributed by atoms with Crippen LogP contribution in [0.5, 0.6) is 5.75 Å². The van der Waals surface area contributed by atoms with Gasteiger partial charge in [-0.2, -0.15) is 18.7 Å². The molecule has 0 spiro atoms. The van der Waals surface area contributed by atoms with Gasteiger partial charge in [0.2, 0.25) is 0 Å². The molecule has 0 bridgehead atoms. The van der Waals surface area contributed by atoms with E-state index in [0.29, 0.717) is 21.9 Å². The molecule has 3 aromatic carbocycles. The van der Waals surface area contributed by atoms with E-state index in [1.807, 2.05) is 6.07 Å². The molecule has 3 rings (SSSR count). The fourth-order valence-electron chi connectivity index (χ4n) is 3.33. The number of carbonyl (C=O) groups is 2. The van der Waals surface area contributed by atoms with Crippen LogP contribution in [-0.4, -0.2) is 42.7 Å². The Morgan fingerprint density at radius 3 is 2.03 bits per heavy atom. The summed E-state index contributed by atoms with van der Waals surface area (Å²) in [6.07, 6.45) is -2.41. The second kappa shape index (κ2) is 12.3. The summed E-state index contributed by atoms with van der Waals surface area (Å²) in [6.45, 7) is 4.18. The molecule has 0 saturated heterocycles. The molecule has 39 heavy (non-hydrogen) atoms. The molecule has 0 aliphatic rings. The zero-order valence-electron chi connectivity index (χ0n) is 22.0. The molecule has 0 aliphatic heterocycles. The maximum Gasteiger partial charge on any atom is 0.444 e. The van der Waals surface area contributed by atoms with Crippen molar-refractivity contribution in [2.75, 3.05) is 7.11 Å². The summed E-state index contributed by atoms with van der Waals surface area (Å²) >= 11 is 0. The van der Waals surface area contributed by atoms with Crippen molar-refractivity contribution in [3.8, 4) is 11.8 Å². The zero-order valence-corrected chi connectivity index (χ0v) is 22.8. The highest BCUT2D eigenvalue weighted by Gasteiger charge is 2.41. The van der Waals surface area contributed by atoms with Gasteiger partial charge >= 0.3 is 12.2 Å². The van der Waals surface area contributed by atoms with Gasteiger partial charge in [0.05, 0.1) is 30.2 Å². The van der Waals surface area contributed by atoms with Crippen LogP contribution in [0.1, 0.15) is 37.5 Å². The maximum absolute atomic E-state index is 13.8. The first-order valence-corrected chi connectivity index (χ1v) is 13.3. The van der Waals surface area contributed by atoms with E-state index in [0.717, 1.165) is 0 Å². The van der Waals surface area contributed by atoms with Gasteiger partial charge in [-0.3, -0.25) is 0 Å². The van der Waals surface area contributed by atoms with E-state index in [-0.39, 0.29) is 28.0 Å². The van der Waals surface area contributed by atoms with Crippen molar-refractivity contribution >= 4 is 22.2 Å². The predicted octanol–water partition coefficient (Wildman–Crippen LogP) is 5.25.